The lowest BCUT2D eigenvalue weighted by Crippen LogP contribution is -2.53. The summed E-state index contributed by atoms with van der Waals surface area (Å²) in [7, 11) is 1.53. The molecule has 1 aromatic carbocycles. The summed E-state index contributed by atoms with van der Waals surface area (Å²) in [5.74, 6) is -0.561. The van der Waals surface area contributed by atoms with Gasteiger partial charge in [-0.05, 0) is 24.1 Å². The molecule has 1 aliphatic heterocycles. The highest BCUT2D eigenvalue weighted by atomic mass is 35.5. The highest BCUT2D eigenvalue weighted by Gasteiger charge is 2.25. The van der Waals surface area contributed by atoms with Crippen molar-refractivity contribution in [2.45, 2.75) is 12.8 Å². The summed E-state index contributed by atoms with van der Waals surface area (Å²) in [6, 6.07) is 5.30. The molecule has 7 heteroatoms. The van der Waals surface area contributed by atoms with Gasteiger partial charge in [-0.3, -0.25) is 19.7 Å². The molecular weight excluding hydrogens is 296 g/mol. The van der Waals surface area contributed by atoms with Crippen molar-refractivity contribution in [3.05, 3.63) is 28.8 Å². The van der Waals surface area contributed by atoms with Gasteiger partial charge < -0.3 is 9.64 Å². The second kappa shape index (κ2) is 6.58. The van der Waals surface area contributed by atoms with Crippen LogP contribution in [0.5, 0.6) is 5.75 Å². The largest absolute Gasteiger partial charge is 0.495 e. The lowest BCUT2D eigenvalue weighted by Gasteiger charge is -2.25. The first kappa shape index (κ1) is 15.3. The summed E-state index contributed by atoms with van der Waals surface area (Å²) in [4.78, 5) is 35.7. The Morgan fingerprint density at radius 1 is 1.33 bits per heavy atom. The van der Waals surface area contributed by atoms with Gasteiger partial charge in [-0.25, -0.2) is 0 Å². The minimum absolute atomic E-state index is 0.0755. The standard InChI is InChI=1S/C14H15ClN2O4/c1-21-11-4-2-9(6-10(11)15)3-5-14(20)17-7-12(18)16-13(19)8-17/h2,4,6H,3,5,7-8H2,1H3,(H,16,18,19). The van der Waals surface area contributed by atoms with Crippen molar-refractivity contribution >= 4 is 29.3 Å². The van der Waals surface area contributed by atoms with E-state index in [1.165, 1.54) is 12.0 Å². The van der Waals surface area contributed by atoms with Gasteiger partial charge in [0.15, 0.2) is 0 Å². The molecule has 21 heavy (non-hydrogen) atoms. The number of benzene rings is 1. The molecular formula is C14H15ClN2O4. The third-order valence-corrected chi connectivity index (χ3v) is 3.44. The molecule has 1 aliphatic rings. The molecule has 1 saturated heterocycles. The number of nitrogens with one attached hydrogen (secondary N) is 1. The molecule has 3 amide bonds. The van der Waals surface area contributed by atoms with E-state index in [0.717, 1.165) is 5.56 Å². The van der Waals surface area contributed by atoms with Gasteiger partial charge in [0.05, 0.1) is 12.1 Å². The lowest BCUT2D eigenvalue weighted by molar-refractivity contribution is -0.145. The van der Waals surface area contributed by atoms with Gasteiger partial charge in [0.1, 0.15) is 18.8 Å². The Kier molecular flexibility index (Phi) is 4.80. The van der Waals surface area contributed by atoms with Crippen LogP contribution in [0.4, 0.5) is 0 Å². The molecule has 1 heterocycles. The summed E-state index contributed by atoms with van der Waals surface area (Å²) in [5, 5.41) is 2.64. The number of hydrogen-bond donors (Lipinski definition) is 1. The molecule has 0 atom stereocenters. The molecule has 0 unspecified atom stereocenters. The van der Waals surface area contributed by atoms with Crippen molar-refractivity contribution in [2.24, 2.45) is 0 Å². The van der Waals surface area contributed by atoms with E-state index in [9.17, 15) is 14.4 Å². The molecule has 0 radical (unpaired) electrons. The molecule has 0 aliphatic carbocycles. The first-order chi connectivity index (χ1) is 9.99. The molecule has 6 nitrogen and oxygen atoms in total. The molecule has 1 fully saturated rings. The molecule has 2 rings (SSSR count). The summed E-state index contributed by atoms with van der Waals surface area (Å²) >= 11 is 6.01. The van der Waals surface area contributed by atoms with Gasteiger partial charge in [-0.1, -0.05) is 17.7 Å². The van der Waals surface area contributed by atoms with Crippen LogP contribution in [0.25, 0.3) is 0 Å². The second-order valence-electron chi connectivity index (χ2n) is 4.69. The minimum atomic E-state index is -0.452. The zero-order valence-electron chi connectivity index (χ0n) is 11.5. The van der Waals surface area contributed by atoms with Crippen LogP contribution in [-0.2, 0) is 20.8 Å². The van der Waals surface area contributed by atoms with E-state index in [-0.39, 0.29) is 25.4 Å². The number of aryl methyl sites for hydroxylation is 1. The summed E-state index contributed by atoms with van der Waals surface area (Å²) in [5.41, 5.74) is 0.891. The van der Waals surface area contributed by atoms with E-state index < -0.39 is 11.8 Å². The van der Waals surface area contributed by atoms with E-state index in [4.69, 9.17) is 16.3 Å². The summed E-state index contributed by atoms with van der Waals surface area (Å²) in [6.45, 7) is -0.151. The number of rotatable bonds is 4. The molecule has 0 saturated carbocycles. The molecule has 0 bridgehead atoms. The molecule has 1 aromatic rings. The van der Waals surface area contributed by atoms with Crippen molar-refractivity contribution in [1.29, 1.82) is 0 Å². The third-order valence-electron chi connectivity index (χ3n) is 3.14. The van der Waals surface area contributed by atoms with Crippen molar-refractivity contribution in [3.8, 4) is 5.75 Å². The quantitative estimate of drug-likeness (QED) is 0.833. The monoisotopic (exact) mass is 310 g/mol. The van der Waals surface area contributed by atoms with Gasteiger partial charge in [0.2, 0.25) is 17.7 Å². The number of carbonyl (C=O) groups excluding carboxylic acids is 3. The Morgan fingerprint density at radius 3 is 2.57 bits per heavy atom. The first-order valence-electron chi connectivity index (χ1n) is 6.42. The predicted molar refractivity (Wildman–Crippen MR) is 76.1 cm³/mol. The zero-order chi connectivity index (χ0) is 15.4. The number of nitrogens with zero attached hydrogens (tertiary/aromatic N) is 1. The number of hydrogen-bond acceptors (Lipinski definition) is 4. The fourth-order valence-electron chi connectivity index (χ4n) is 2.09. The zero-order valence-corrected chi connectivity index (χ0v) is 12.3. The average Bonchev–Trinajstić information content (AvgIpc) is 2.43. The number of ether oxygens (including phenoxy) is 1. The smallest absolute Gasteiger partial charge is 0.246 e. The number of carbonyl (C=O) groups is 3. The number of halogens is 1. The lowest BCUT2D eigenvalue weighted by atomic mass is 10.1. The van der Waals surface area contributed by atoms with Crippen LogP contribution in [0.1, 0.15) is 12.0 Å². The summed E-state index contributed by atoms with van der Waals surface area (Å²) in [6.07, 6.45) is 0.693. The maximum atomic E-state index is 12.0. The third kappa shape index (κ3) is 3.95. The van der Waals surface area contributed by atoms with Crippen molar-refractivity contribution in [1.82, 2.24) is 10.2 Å². The summed E-state index contributed by atoms with van der Waals surface area (Å²) < 4.78 is 5.06. The number of amides is 3. The van der Waals surface area contributed by atoms with E-state index in [2.05, 4.69) is 5.32 Å². The first-order valence-corrected chi connectivity index (χ1v) is 6.80. The van der Waals surface area contributed by atoms with E-state index in [0.29, 0.717) is 17.2 Å². The molecule has 112 valence electrons. The van der Waals surface area contributed by atoms with Crippen LogP contribution < -0.4 is 10.1 Å². The Morgan fingerprint density at radius 2 is 2.00 bits per heavy atom. The number of methoxy groups -OCH3 is 1. The van der Waals surface area contributed by atoms with Crippen molar-refractivity contribution < 1.29 is 19.1 Å². The Bertz CT molecular complexity index is 572. The van der Waals surface area contributed by atoms with Gasteiger partial charge in [0, 0.05) is 6.42 Å². The Labute approximate surface area is 127 Å². The number of piperazine rings is 1. The minimum Gasteiger partial charge on any atom is -0.495 e. The maximum absolute atomic E-state index is 12.0. The topological polar surface area (TPSA) is 75.7 Å². The fraction of sp³-hybridized carbons (Fsp3) is 0.357. The Balaban J connectivity index is 1.93. The van der Waals surface area contributed by atoms with Crippen LogP contribution in [-0.4, -0.2) is 42.8 Å². The fourth-order valence-corrected chi connectivity index (χ4v) is 2.37. The second-order valence-corrected chi connectivity index (χ2v) is 5.10. The van der Waals surface area contributed by atoms with Crippen LogP contribution in [0, 0.1) is 0 Å². The molecule has 0 aromatic heterocycles. The van der Waals surface area contributed by atoms with E-state index in [1.54, 1.807) is 12.1 Å². The molecule has 0 spiro atoms. The number of imide groups is 1. The van der Waals surface area contributed by atoms with E-state index in [1.807, 2.05) is 6.07 Å². The Hall–Kier alpha value is -2.08. The average molecular weight is 311 g/mol. The van der Waals surface area contributed by atoms with Gasteiger partial charge in [-0.2, -0.15) is 0 Å². The molecule has 1 N–H and O–H groups in total. The SMILES string of the molecule is COc1ccc(CCC(=O)N2CC(=O)NC(=O)C2)cc1Cl. The van der Waals surface area contributed by atoms with E-state index >= 15 is 0 Å². The normalized spacial score (nSPS) is 14.9. The highest BCUT2D eigenvalue weighted by Crippen LogP contribution is 2.25. The highest BCUT2D eigenvalue weighted by molar-refractivity contribution is 6.32. The van der Waals surface area contributed by atoms with Crippen LogP contribution in [0.3, 0.4) is 0 Å². The van der Waals surface area contributed by atoms with Crippen LogP contribution >= 0.6 is 11.6 Å². The van der Waals surface area contributed by atoms with Crippen molar-refractivity contribution in [3.63, 3.8) is 0 Å². The van der Waals surface area contributed by atoms with Gasteiger partial charge in [-0.15, -0.1) is 0 Å². The maximum Gasteiger partial charge on any atom is 0.246 e. The van der Waals surface area contributed by atoms with Gasteiger partial charge >= 0.3 is 0 Å². The predicted octanol–water partition coefficient (Wildman–Crippen LogP) is 0.766. The van der Waals surface area contributed by atoms with Crippen LogP contribution in [0.15, 0.2) is 18.2 Å². The van der Waals surface area contributed by atoms with Crippen LogP contribution in [0.2, 0.25) is 5.02 Å². The van der Waals surface area contributed by atoms with Gasteiger partial charge in [0.25, 0.3) is 0 Å². The van der Waals surface area contributed by atoms with Crippen molar-refractivity contribution in [2.75, 3.05) is 20.2 Å².